The third-order valence-corrected chi connectivity index (χ3v) is 8.28. The molecule has 1 amide bonds. The lowest BCUT2D eigenvalue weighted by atomic mass is 9.99. The van der Waals surface area contributed by atoms with E-state index in [9.17, 15) is 10.1 Å². The molecule has 0 spiro atoms. The molecule has 3 heterocycles. The van der Waals surface area contributed by atoms with Gasteiger partial charge in [0.1, 0.15) is 40.9 Å². The summed E-state index contributed by atoms with van der Waals surface area (Å²) >= 11 is 0. The molecular weight excluding hydrogens is 526 g/mol. The largest absolute Gasteiger partial charge is 0.457 e. The number of nitriles is 1. The number of hydrogen-bond acceptors (Lipinski definition) is 7. The highest BCUT2D eigenvalue weighted by atomic mass is 16.5. The van der Waals surface area contributed by atoms with E-state index in [1.54, 1.807) is 6.08 Å². The molecule has 2 aromatic heterocycles. The number of nitrogen functional groups attached to an aromatic ring is 1. The lowest BCUT2D eigenvalue weighted by molar-refractivity contribution is -0.127. The van der Waals surface area contributed by atoms with Crippen LogP contribution in [0.5, 0.6) is 11.5 Å². The second kappa shape index (κ2) is 11.7. The molecule has 4 aromatic rings. The lowest BCUT2D eigenvalue weighted by Gasteiger charge is -2.30. The molecule has 9 heteroatoms. The van der Waals surface area contributed by atoms with Crippen LogP contribution in [0.1, 0.15) is 32.4 Å². The van der Waals surface area contributed by atoms with Gasteiger partial charge < -0.3 is 24.8 Å². The molecule has 0 bridgehead atoms. The summed E-state index contributed by atoms with van der Waals surface area (Å²) in [5, 5.41) is 10.7. The molecule has 1 aliphatic heterocycles. The number of anilines is 1. The number of fused-ring (bicyclic) bond motifs is 1. The Morgan fingerprint density at radius 2 is 1.83 bits per heavy atom. The molecule has 0 radical (unpaired) electrons. The van der Waals surface area contributed by atoms with Gasteiger partial charge in [0.2, 0.25) is 0 Å². The third-order valence-electron chi connectivity index (χ3n) is 8.28. The molecule has 216 valence electrons. The van der Waals surface area contributed by atoms with E-state index in [1.807, 2.05) is 99.3 Å². The van der Waals surface area contributed by atoms with Crippen LogP contribution in [0.3, 0.4) is 0 Å². The summed E-state index contributed by atoms with van der Waals surface area (Å²) in [6.45, 7) is 7.17. The molecule has 0 saturated carbocycles. The fourth-order valence-corrected chi connectivity index (χ4v) is 5.48. The number of carbonyl (C=O) groups excluding carboxylic acids is 1. The number of amides is 1. The second-order valence-corrected chi connectivity index (χ2v) is 11.5. The van der Waals surface area contributed by atoms with Gasteiger partial charge in [0.25, 0.3) is 5.91 Å². The number of likely N-dealkylation sites (N-methyl/N-ethyl adjacent to an activating group) is 1. The summed E-state index contributed by atoms with van der Waals surface area (Å²) in [5.41, 5.74) is 9.80. The summed E-state index contributed by atoms with van der Waals surface area (Å²) in [7, 11) is 3.87. The first kappa shape index (κ1) is 28.8. The van der Waals surface area contributed by atoms with Gasteiger partial charge in [-0.05, 0) is 83.6 Å². The average Bonchev–Trinajstić information content (AvgIpc) is 3.55. The minimum Gasteiger partial charge on any atom is -0.457 e. The van der Waals surface area contributed by atoms with E-state index in [1.165, 1.54) is 6.33 Å². The number of nitrogens with two attached hydrogens (primary N) is 1. The van der Waals surface area contributed by atoms with Crippen LogP contribution in [-0.2, 0) is 11.3 Å². The molecule has 2 aromatic carbocycles. The number of para-hydroxylation sites is 1. The predicted molar refractivity (Wildman–Crippen MR) is 165 cm³/mol. The van der Waals surface area contributed by atoms with Crippen LogP contribution in [-0.4, -0.2) is 62.5 Å². The van der Waals surface area contributed by atoms with Gasteiger partial charge in [-0.3, -0.25) is 4.79 Å². The zero-order valence-corrected chi connectivity index (χ0v) is 24.8. The van der Waals surface area contributed by atoms with Crippen molar-refractivity contribution in [2.24, 2.45) is 0 Å². The summed E-state index contributed by atoms with van der Waals surface area (Å²) in [5.74, 6) is 1.68. The zero-order chi connectivity index (χ0) is 30.0. The smallest absolute Gasteiger partial charge is 0.264 e. The number of hydrogen-bond donors (Lipinski definition) is 1. The Kier molecular flexibility index (Phi) is 8.01. The Labute approximate surface area is 246 Å². The maximum atomic E-state index is 13.6. The van der Waals surface area contributed by atoms with Crippen LogP contribution in [0.2, 0.25) is 0 Å². The summed E-state index contributed by atoms with van der Waals surface area (Å²) in [4.78, 5) is 26.4. The van der Waals surface area contributed by atoms with Crippen molar-refractivity contribution in [2.75, 3.05) is 26.4 Å². The number of aromatic nitrogens is 3. The van der Waals surface area contributed by atoms with Gasteiger partial charge in [-0.15, -0.1) is 0 Å². The van der Waals surface area contributed by atoms with Crippen molar-refractivity contribution in [1.29, 1.82) is 5.26 Å². The first-order valence-electron chi connectivity index (χ1n) is 14.1. The van der Waals surface area contributed by atoms with Gasteiger partial charge in [-0.1, -0.05) is 30.3 Å². The number of ether oxygens (including phenoxy) is 1. The molecule has 5 rings (SSSR count). The van der Waals surface area contributed by atoms with Crippen molar-refractivity contribution in [3.8, 4) is 28.7 Å². The molecule has 0 unspecified atom stereocenters. The van der Waals surface area contributed by atoms with Crippen molar-refractivity contribution >= 4 is 22.8 Å². The maximum absolute atomic E-state index is 13.6. The molecule has 9 nitrogen and oxygen atoms in total. The van der Waals surface area contributed by atoms with E-state index in [4.69, 9.17) is 10.5 Å². The summed E-state index contributed by atoms with van der Waals surface area (Å²) in [6.07, 6.45) is 4.95. The van der Waals surface area contributed by atoms with Crippen molar-refractivity contribution in [1.82, 2.24) is 24.3 Å². The molecule has 1 aliphatic rings. The number of rotatable bonds is 8. The Morgan fingerprint density at radius 3 is 2.50 bits per heavy atom. The van der Waals surface area contributed by atoms with Gasteiger partial charge in [0.15, 0.2) is 0 Å². The van der Waals surface area contributed by atoms with Crippen LogP contribution >= 0.6 is 0 Å². The van der Waals surface area contributed by atoms with E-state index in [0.29, 0.717) is 18.9 Å². The van der Waals surface area contributed by atoms with Gasteiger partial charge >= 0.3 is 0 Å². The van der Waals surface area contributed by atoms with Crippen molar-refractivity contribution < 1.29 is 9.53 Å². The number of benzene rings is 2. The Hall–Kier alpha value is -4.68. The molecular formula is C33H37N7O2. The van der Waals surface area contributed by atoms with Crippen LogP contribution in [0.25, 0.3) is 22.2 Å². The van der Waals surface area contributed by atoms with E-state index in [0.717, 1.165) is 52.2 Å². The SMILES string of the molecule is Cc1c(-c2ccc(Oc3ccccc3)cc2)c2c(N)ncnc2n1C[C@H]1CCCN1C(=O)C(C#N)=CC(C)(C)N(C)C. The lowest BCUT2D eigenvalue weighted by Crippen LogP contribution is -2.41. The van der Waals surface area contributed by atoms with Crippen molar-refractivity contribution in [2.45, 2.75) is 51.7 Å². The highest BCUT2D eigenvalue weighted by molar-refractivity contribution is 6.02. The fraction of sp³-hybridized carbons (Fsp3) is 0.333. The number of carbonyl (C=O) groups is 1. The Balaban J connectivity index is 1.47. The molecule has 0 aliphatic carbocycles. The molecule has 1 saturated heterocycles. The zero-order valence-electron chi connectivity index (χ0n) is 24.8. The Morgan fingerprint density at radius 1 is 1.14 bits per heavy atom. The van der Waals surface area contributed by atoms with E-state index in [2.05, 4.69) is 20.6 Å². The van der Waals surface area contributed by atoms with Crippen LogP contribution in [0.4, 0.5) is 5.82 Å². The maximum Gasteiger partial charge on any atom is 0.264 e. The Bertz CT molecular complexity index is 1660. The van der Waals surface area contributed by atoms with Crippen molar-refractivity contribution in [3.63, 3.8) is 0 Å². The van der Waals surface area contributed by atoms with Gasteiger partial charge in [0.05, 0.1) is 11.4 Å². The van der Waals surface area contributed by atoms with E-state index in [-0.39, 0.29) is 17.5 Å². The average molecular weight is 564 g/mol. The van der Waals surface area contributed by atoms with Crippen molar-refractivity contribution in [3.05, 3.63) is 78.3 Å². The highest BCUT2D eigenvalue weighted by Gasteiger charge is 2.33. The second-order valence-electron chi connectivity index (χ2n) is 11.5. The quantitative estimate of drug-likeness (QED) is 0.220. The molecule has 1 atom stereocenters. The third kappa shape index (κ3) is 5.58. The van der Waals surface area contributed by atoms with E-state index < -0.39 is 5.54 Å². The van der Waals surface area contributed by atoms with Gasteiger partial charge in [-0.25, -0.2) is 9.97 Å². The predicted octanol–water partition coefficient (Wildman–Crippen LogP) is 5.56. The molecule has 42 heavy (non-hydrogen) atoms. The highest BCUT2D eigenvalue weighted by Crippen LogP contribution is 2.38. The monoisotopic (exact) mass is 563 g/mol. The van der Waals surface area contributed by atoms with Crippen LogP contribution < -0.4 is 10.5 Å². The summed E-state index contributed by atoms with van der Waals surface area (Å²) < 4.78 is 8.12. The number of nitrogens with zero attached hydrogens (tertiary/aromatic N) is 6. The minimum atomic E-state index is -0.436. The normalized spacial score (nSPS) is 15.8. The topological polar surface area (TPSA) is 113 Å². The first-order valence-corrected chi connectivity index (χ1v) is 14.1. The molecule has 1 fully saturated rings. The van der Waals surface area contributed by atoms with Gasteiger partial charge in [0, 0.05) is 29.9 Å². The number of likely N-dealkylation sites (tertiary alicyclic amines) is 1. The minimum absolute atomic E-state index is 0.0864. The van der Waals surface area contributed by atoms with E-state index >= 15 is 0 Å². The van der Waals surface area contributed by atoms with Crippen LogP contribution in [0, 0.1) is 18.3 Å². The standard InChI is InChI=1S/C33H37N7O2/c1-22-28(23-13-15-27(16-14-23)42-26-11-7-6-8-12-26)29-30(35)36-21-37-31(29)40(22)20-25-10-9-17-39(25)32(41)24(19-34)18-33(2,3)38(4)5/h6-8,11-16,18,21,25H,9-10,17,20H2,1-5H3,(H2,35,36,37)/t25-/m1/s1. The first-order chi connectivity index (χ1) is 20.1. The summed E-state index contributed by atoms with van der Waals surface area (Å²) in [6, 6.07) is 19.6. The van der Waals surface area contributed by atoms with Gasteiger partial charge in [-0.2, -0.15) is 5.26 Å². The van der Waals surface area contributed by atoms with Crippen LogP contribution in [0.15, 0.2) is 72.6 Å². The fourth-order valence-electron chi connectivity index (χ4n) is 5.48. The molecule has 2 N–H and O–H groups in total.